The van der Waals surface area contributed by atoms with E-state index in [-0.39, 0.29) is 18.2 Å². The first-order valence-corrected chi connectivity index (χ1v) is 8.45. The molecule has 1 spiro atoms. The van der Waals surface area contributed by atoms with Crippen LogP contribution in [0.2, 0.25) is 0 Å². The van der Waals surface area contributed by atoms with Gasteiger partial charge in [0.25, 0.3) is 0 Å². The minimum Gasteiger partial charge on any atom is -0.499 e. The van der Waals surface area contributed by atoms with Crippen LogP contribution < -0.4 is 9.47 Å². The van der Waals surface area contributed by atoms with Gasteiger partial charge in [0, 0.05) is 12.5 Å². The molecule has 3 unspecified atom stereocenters. The zero-order valence-corrected chi connectivity index (χ0v) is 13.6. The first kappa shape index (κ1) is 14.6. The van der Waals surface area contributed by atoms with Crippen molar-refractivity contribution < 1.29 is 24.4 Å². The van der Waals surface area contributed by atoms with Crippen molar-refractivity contribution in [2.24, 2.45) is 0 Å². The van der Waals surface area contributed by atoms with E-state index in [1.165, 1.54) is 0 Å². The Morgan fingerprint density at radius 1 is 1.21 bits per heavy atom. The molecule has 0 aromatic heterocycles. The molecule has 1 aromatic carbocycles. The quantitative estimate of drug-likeness (QED) is 0.808. The predicted octanol–water partition coefficient (Wildman–Crippen LogP) is 1.29. The molecule has 128 valence electrons. The van der Waals surface area contributed by atoms with Gasteiger partial charge in [-0.25, -0.2) is 0 Å². The van der Waals surface area contributed by atoms with Crippen molar-refractivity contribution in [3.63, 3.8) is 0 Å². The van der Waals surface area contributed by atoms with Crippen molar-refractivity contribution in [2.75, 3.05) is 27.0 Å². The lowest BCUT2D eigenvalue weighted by atomic mass is 9.77. The lowest BCUT2D eigenvalue weighted by Crippen LogP contribution is -2.47. The molecule has 3 heterocycles. The third kappa shape index (κ3) is 1.71. The number of hydrogen-bond donors (Lipinski definition) is 2. The molecule has 1 saturated heterocycles. The molecule has 1 aromatic rings. The molecular weight excluding hydrogens is 310 g/mol. The molecule has 0 bridgehead atoms. The molecule has 0 saturated carbocycles. The van der Waals surface area contributed by atoms with Gasteiger partial charge in [0.15, 0.2) is 11.5 Å². The minimum atomic E-state index is -0.722. The third-order valence-corrected chi connectivity index (χ3v) is 6.03. The largest absolute Gasteiger partial charge is 0.499 e. The number of rotatable bonds is 1. The Labute approximate surface area is 140 Å². The summed E-state index contributed by atoms with van der Waals surface area (Å²) in [7, 11) is 1.60. The molecular formula is C18H21NO5. The van der Waals surface area contributed by atoms with Crippen molar-refractivity contribution in [2.45, 2.75) is 36.5 Å². The van der Waals surface area contributed by atoms with E-state index in [4.69, 9.17) is 14.2 Å². The fraction of sp³-hybridized carbons (Fsp3) is 0.556. The van der Waals surface area contributed by atoms with Crippen LogP contribution in [0, 0.1) is 0 Å². The summed E-state index contributed by atoms with van der Waals surface area (Å²) in [5.74, 6) is 1.79. The van der Waals surface area contributed by atoms with Gasteiger partial charge < -0.3 is 24.4 Å². The standard InChI is InChI=1S/C18H21NO5/c1-22-15-7-18-3-2-4-19(18)8-12(20)10-5-13-14(24-9-23-13)6-11(10)16(18)17(15)21/h5-7,12,16-17,20-21H,2-4,8-9H2,1H3/t12?,16?,17?,18-/m0/s1. The molecule has 0 radical (unpaired) electrons. The van der Waals surface area contributed by atoms with Crippen LogP contribution >= 0.6 is 0 Å². The second kappa shape index (κ2) is 4.88. The lowest BCUT2D eigenvalue weighted by Gasteiger charge is -2.38. The van der Waals surface area contributed by atoms with Gasteiger partial charge in [-0.15, -0.1) is 0 Å². The van der Waals surface area contributed by atoms with E-state index in [9.17, 15) is 10.2 Å². The highest BCUT2D eigenvalue weighted by molar-refractivity contribution is 5.54. The van der Waals surface area contributed by atoms with E-state index in [0.717, 1.165) is 30.5 Å². The molecule has 1 fully saturated rings. The van der Waals surface area contributed by atoms with Gasteiger partial charge in [-0.1, -0.05) is 0 Å². The summed E-state index contributed by atoms with van der Waals surface area (Å²) < 4.78 is 16.5. The smallest absolute Gasteiger partial charge is 0.231 e. The molecule has 2 N–H and O–H groups in total. The first-order chi connectivity index (χ1) is 11.6. The number of benzene rings is 1. The monoisotopic (exact) mass is 331 g/mol. The number of aliphatic hydroxyl groups excluding tert-OH is 2. The fourth-order valence-electron chi connectivity index (χ4n) is 5.01. The summed E-state index contributed by atoms with van der Waals surface area (Å²) in [5, 5.41) is 21.8. The van der Waals surface area contributed by atoms with Gasteiger partial charge in [-0.05, 0) is 48.7 Å². The van der Waals surface area contributed by atoms with Crippen molar-refractivity contribution in [1.29, 1.82) is 0 Å². The predicted molar refractivity (Wildman–Crippen MR) is 84.9 cm³/mol. The maximum absolute atomic E-state index is 11.0. The van der Waals surface area contributed by atoms with Crippen LogP contribution in [0.25, 0.3) is 0 Å². The van der Waals surface area contributed by atoms with E-state index >= 15 is 0 Å². The van der Waals surface area contributed by atoms with Crippen molar-refractivity contribution in [1.82, 2.24) is 4.90 Å². The van der Waals surface area contributed by atoms with Gasteiger partial charge in [-0.2, -0.15) is 0 Å². The average Bonchev–Trinajstić information content (AvgIpc) is 3.24. The van der Waals surface area contributed by atoms with Crippen LogP contribution in [0.3, 0.4) is 0 Å². The Morgan fingerprint density at radius 3 is 2.71 bits per heavy atom. The fourth-order valence-corrected chi connectivity index (χ4v) is 5.01. The maximum Gasteiger partial charge on any atom is 0.231 e. The van der Waals surface area contributed by atoms with E-state index in [1.807, 2.05) is 12.1 Å². The Morgan fingerprint density at radius 2 is 1.96 bits per heavy atom. The molecule has 1 aliphatic carbocycles. The van der Waals surface area contributed by atoms with Gasteiger partial charge in [0.1, 0.15) is 11.9 Å². The van der Waals surface area contributed by atoms with Crippen LogP contribution in [0.4, 0.5) is 0 Å². The van der Waals surface area contributed by atoms with Crippen LogP contribution in [-0.2, 0) is 4.74 Å². The van der Waals surface area contributed by atoms with Gasteiger partial charge in [0.2, 0.25) is 6.79 Å². The summed E-state index contributed by atoms with van der Waals surface area (Å²) >= 11 is 0. The lowest BCUT2D eigenvalue weighted by molar-refractivity contribution is 0.0575. The zero-order valence-electron chi connectivity index (χ0n) is 13.6. The number of ether oxygens (including phenoxy) is 3. The van der Waals surface area contributed by atoms with Gasteiger partial charge >= 0.3 is 0 Å². The molecule has 6 heteroatoms. The van der Waals surface area contributed by atoms with Crippen LogP contribution in [0.1, 0.15) is 36.0 Å². The molecule has 4 aliphatic rings. The highest BCUT2D eigenvalue weighted by Gasteiger charge is 2.57. The summed E-state index contributed by atoms with van der Waals surface area (Å²) in [6.45, 7) is 1.65. The highest BCUT2D eigenvalue weighted by atomic mass is 16.7. The summed E-state index contributed by atoms with van der Waals surface area (Å²) in [6.07, 6.45) is 2.73. The van der Waals surface area contributed by atoms with Crippen molar-refractivity contribution >= 4 is 0 Å². The van der Waals surface area contributed by atoms with E-state index in [2.05, 4.69) is 11.0 Å². The Balaban J connectivity index is 1.73. The van der Waals surface area contributed by atoms with Gasteiger partial charge in [0.05, 0.1) is 18.8 Å². The summed E-state index contributed by atoms with van der Waals surface area (Å²) in [5.41, 5.74) is 1.46. The second-order valence-electron chi connectivity index (χ2n) is 7.06. The number of hydrogen-bond acceptors (Lipinski definition) is 6. The van der Waals surface area contributed by atoms with E-state index < -0.39 is 12.2 Å². The number of methoxy groups -OCH3 is 1. The Hall–Kier alpha value is -1.76. The minimum absolute atomic E-state index is 0.170. The molecule has 6 nitrogen and oxygen atoms in total. The number of β-amino-alcohol motifs (C(OH)–C–C–N with tert-alkyl or cyclic N) is 1. The van der Waals surface area contributed by atoms with Crippen LogP contribution in [0.15, 0.2) is 24.0 Å². The molecule has 24 heavy (non-hydrogen) atoms. The van der Waals surface area contributed by atoms with Crippen LogP contribution in [0.5, 0.6) is 11.5 Å². The number of fused-ring (bicyclic) bond motifs is 3. The SMILES string of the molecule is COC1=C[C@]23CCCN2CC(O)c2cc4c(cc2C3C1O)OCO4. The van der Waals surface area contributed by atoms with E-state index in [0.29, 0.717) is 23.8 Å². The van der Waals surface area contributed by atoms with Crippen LogP contribution in [-0.4, -0.2) is 53.7 Å². The maximum atomic E-state index is 11.0. The topological polar surface area (TPSA) is 71.4 Å². The Kier molecular flexibility index (Phi) is 2.96. The average molecular weight is 331 g/mol. The Bertz CT molecular complexity index is 732. The van der Waals surface area contributed by atoms with Crippen molar-refractivity contribution in [3.8, 4) is 11.5 Å². The highest BCUT2D eigenvalue weighted by Crippen LogP contribution is 2.55. The van der Waals surface area contributed by atoms with Gasteiger partial charge in [-0.3, -0.25) is 4.90 Å². The number of aliphatic hydroxyl groups is 2. The third-order valence-electron chi connectivity index (χ3n) is 6.03. The van der Waals surface area contributed by atoms with E-state index in [1.54, 1.807) is 7.11 Å². The zero-order chi connectivity index (χ0) is 16.5. The summed E-state index contributed by atoms with van der Waals surface area (Å²) in [4.78, 5) is 2.30. The normalized spacial score (nSPS) is 36.6. The molecule has 3 aliphatic heterocycles. The molecule has 5 rings (SSSR count). The summed E-state index contributed by atoms with van der Waals surface area (Å²) in [6, 6.07) is 3.81. The second-order valence-corrected chi connectivity index (χ2v) is 7.06. The molecule has 0 amide bonds. The van der Waals surface area contributed by atoms with Crippen molar-refractivity contribution in [3.05, 3.63) is 35.1 Å². The first-order valence-electron chi connectivity index (χ1n) is 8.45. The molecule has 4 atom stereocenters. The number of nitrogens with zero attached hydrogens (tertiary/aromatic N) is 1.